The molecule has 9 nitrogen and oxygen atoms in total. The van der Waals surface area contributed by atoms with Crippen molar-refractivity contribution in [2.75, 3.05) is 31.1 Å². The number of carboxylic acids is 3. The highest BCUT2D eigenvalue weighted by Gasteiger charge is 2.59. The Hall–Kier alpha value is -4.23. The molecule has 0 radical (unpaired) electrons. The summed E-state index contributed by atoms with van der Waals surface area (Å²) in [4.78, 5) is 35.1. The number of anilines is 1. The Morgan fingerprint density at radius 2 is 1.20 bits per heavy atom. The maximum absolute atomic E-state index is 14.9. The summed E-state index contributed by atoms with van der Waals surface area (Å²) in [6, 6.07) is 13.8. The summed E-state index contributed by atoms with van der Waals surface area (Å²) in [5, 5.41) is 21.4. The van der Waals surface area contributed by atoms with Crippen LogP contribution >= 0.6 is 0 Å². The van der Waals surface area contributed by atoms with Crippen LogP contribution in [0.25, 0.3) is 0 Å². The molecule has 3 heterocycles. The van der Waals surface area contributed by atoms with E-state index in [1.807, 2.05) is 48.7 Å². The van der Waals surface area contributed by atoms with Crippen molar-refractivity contribution in [1.82, 2.24) is 9.88 Å². The molecule has 2 aliphatic rings. The number of carboxylic acid groups (broad SMARTS) is 3. The number of para-hydroxylation sites is 1. The number of likely N-dealkylation sites (tertiary alicyclic amines) is 1. The molecule has 1 spiro atoms. The van der Waals surface area contributed by atoms with Gasteiger partial charge in [0.15, 0.2) is 0 Å². The predicted molar refractivity (Wildman–Crippen MR) is 136 cm³/mol. The third-order valence-corrected chi connectivity index (χ3v) is 6.38. The number of nitrogens with zero attached hydrogens (tertiary/aromatic N) is 3. The summed E-state index contributed by atoms with van der Waals surface area (Å²) < 4.78 is 125. The fourth-order valence-corrected chi connectivity index (χ4v) is 4.23. The zero-order chi connectivity index (χ0) is 35.6. The van der Waals surface area contributed by atoms with Gasteiger partial charge >= 0.3 is 36.4 Å². The SMILES string of the molecule is FC1(F)CCN(Cc2cccnc2)CC12CCN(c1ccccc1)C2.O=C(O)C(F)(F)F.O=C(O)C(F)(F)F.O=C(O)C(F)(F)F. The molecule has 0 aliphatic carbocycles. The van der Waals surface area contributed by atoms with Crippen molar-refractivity contribution in [2.24, 2.45) is 5.41 Å². The molecule has 2 aromatic rings. The van der Waals surface area contributed by atoms with Gasteiger partial charge in [-0.05, 0) is 30.2 Å². The van der Waals surface area contributed by atoms with Crippen molar-refractivity contribution >= 4 is 23.6 Å². The van der Waals surface area contributed by atoms with E-state index in [4.69, 9.17) is 29.7 Å². The van der Waals surface area contributed by atoms with Gasteiger partial charge in [-0.15, -0.1) is 0 Å². The van der Waals surface area contributed by atoms with Crippen LogP contribution in [0.2, 0.25) is 0 Å². The Labute approximate surface area is 252 Å². The molecule has 46 heavy (non-hydrogen) atoms. The lowest BCUT2D eigenvalue weighted by molar-refractivity contribution is -0.193. The van der Waals surface area contributed by atoms with Gasteiger partial charge in [0.25, 0.3) is 5.92 Å². The largest absolute Gasteiger partial charge is 0.490 e. The van der Waals surface area contributed by atoms with Crippen LogP contribution in [0.4, 0.5) is 54.0 Å². The highest BCUT2D eigenvalue weighted by molar-refractivity contribution is 5.73. The average molecular weight is 685 g/mol. The topological polar surface area (TPSA) is 131 Å². The van der Waals surface area contributed by atoms with Crippen molar-refractivity contribution < 1.29 is 78.0 Å². The van der Waals surface area contributed by atoms with Gasteiger partial charge < -0.3 is 20.2 Å². The van der Waals surface area contributed by atoms with Gasteiger partial charge in [-0.3, -0.25) is 9.88 Å². The first-order chi connectivity index (χ1) is 20.9. The lowest BCUT2D eigenvalue weighted by Crippen LogP contribution is -2.56. The Balaban J connectivity index is 0.000000413. The van der Waals surface area contributed by atoms with Crippen molar-refractivity contribution in [2.45, 2.75) is 43.8 Å². The second-order valence-corrected chi connectivity index (χ2v) is 9.72. The molecule has 1 unspecified atom stereocenters. The van der Waals surface area contributed by atoms with Crippen LogP contribution in [-0.2, 0) is 20.9 Å². The van der Waals surface area contributed by atoms with Crippen LogP contribution in [-0.4, -0.2) is 93.7 Å². The van der Waals surface area contributed by atoms with E-state index in [0.717, 1.165) is 11.3 Å². The minimum Gasteiger partial charge on any atom is -0.475 e. The maximum Gasteiger partial charge on any atom is 0.490 e. The third-order valence-electron chi connectivity index (χ3n) is 6.38. The van der Waals surface area contributed by atoms with Gasteiger partial charge in [-0.2, -0.15) is 39.5 Å². The average Bonchev–Trinajstić information content (AvgIpc) is 3.37. The second-order valence-electron chi connectivity index (χ2n) is 9.72. The molecule has 2 saturated heterocycles. The molecule has 0 saturated carbocycles. The summed E-state index contributed by atoms with van der Waals surface area (Å²) in [6.07, 6.45) is -11.2. The molecule has 1 atom stereocenters. The van der Waals surface area contributed by atoms with Crippen LogP contribution < -0.4 is 4.90 Å². The van der Waals surface area contributed by atoms with Gasteiger partial charge in [0.1, 0.15) is 0 Å². The number of rotatable bonds is 3. The van der Waals surface area contributed by atoms with E-state index >= 15 is 0 Å². The van der Waals surface area contributed by atoms with Crippen molar-refractivity contribution in [1.29, 1.82) is 0 Å². The van der Waals surface area contributed by atoms with Crippen molar-refractivity contribution in [3.05, 3.63) is 60.4 Å². The molecule has 4 rings (SSSR count). The van der Waals surface area contributed by atoms with E-state index in [0.29, 0.717) is 39.1 Å². The normalized spacial score (nSPS) is 19.4. The number of hydrogen-bond acceptors (Lipinski definition) is 6. The van der Waals surface area contributed by atoms with Crippen molar-refractivity contribution in [3.63, 3.8) is 0 Å². The highest BCUT2D eigenvalue weighted by Crippen LogP contribution is 2.50. The van der Waals surface area contributed by atoms with E-state index < -0.39 is 47.8 Å². The Morgan fingerprint density at radius 3 is 1.61 bits per heavy atom. The number of aromatic nitrogens is 1. The van der Waals surface area contributed by atoms with Crippen LogP contribution in [0, 0.1) is 5.41 Å². The van der Waals surface area contributed by atoms with Crippen LogP contribution in [0.1, 0.15) is 18.4 Å². The molecule has 0 amide bonds. The third kappa shape index (κ3) is 12.6. The molecule has 2 aliphatic heterocycles. The second kappa shape index (κ2) is 15.9. The van der Waals surface area contributed by atoms with Crippen LogP contribution in [0.5, 0.6) is 0 Å². The Bertz CT molecular complexity index is 1220. The summed E-state index contributed by atoms with van der Waals surface area (Å²) in [7, 11) is 0. The number of pyridine rings is 1. The van der Waals surface area contributed by atoms with Gasteiger partial charge in [0.2, 0.25) is 0 Å². The monoisotopic (exact) mass is 685 g/mol. The van der Waals surface area contributed by atoms with Crippen LogP contribution in [0.3, 0.4) is 0 Å². The lowest BCUT2D eigenvalue weighted by atomic mass is 9.75. The summed E-state index contributed by atoms with van der Waals surface area (Å²) in [5.41, 5.74) is 1.17. The van der Waals surface area contributed by atoms with Gasteiger partial charge in [0.05, 0.1) is 5.41 Å². The first-order valence-electron chi connectivity index (χ1n) is 12.6. The van der Waals surface area contributed by atoms with Gasteiger partial charge in [-0.25, -0.2) is 23.2 Å². The number of aliphatic carboxylic acids is 3. The number of halogens is 11. The zero-order valence-electron chi connectivity index (χ0n) is 23.2. The molecule has 1 aromatic carbocycles. The minimum absolute atomic E-state index is 0.0596. The van der Waals surface area contributed by atoms with E-state index in [9.17, 15) is 48.3 Å². The molecule has 3 N–H and O–H groups in total. The first-order valence-corrected chi connectivity index (χ1v) is 12.6. The molecule has 20 heteroatoms. The Morgan fingerprint density at radius 1 is 0.717 bits per heavy atom. The molecular weight excluding hydrogens is 659 g/mol. The smallest absolute Gasteiger partial charge is 0.475 e. The lowest BCUT2D eigenvalue weighted by Gasteiger charge is -2.46. The molecule has 258 valence electrons. The number of piperidine rings is 1. The molecule has 0 bridgehead atoms. The number of hydrogen-bond donors (Lipinski definition) is 3. The van der Waals surface area contributed by atoms with Crippen LogP contribution in [0.15, 0.2) is 54.9 Å². The number of carbonyl (C=O) groups is 3. The Kier molecular flexibility index (Phi) is 13.7. The molecule has 1 aromatic heterocycles. The first kappa shape index (κ1) is 39.8. The summed E-state index contributed by atoms with van der Waals surface area (Å²) in [5.74, 6) is -10.9. The standard InChI is InChI=1S/C20H23F2N3.3C2HF3O2/c21-20(22)9-11-24(14-17-5-4-10-23-13-17)15-19(20)8-12-25(16-19)18-6-2-1-3-7-18;3*3-2(4,5)1(6)7/h1-7,10,13H,8-9,11-12,14-16H2;3*(H,6,7). The van der Waals surface area contributed by atoms with E-state index in [1.165, 1.54) is 0 Å². The van der Waals surface area contributed by atoms with E-state index in [1.54, 1.807) is 6.20 Å². The van der Waals surface area contributed by atoms with E-state index in [2.05, 4.69) is 14.8 Å². The number of benzene rings is 1. The van der Waals surface area contributed by atoms with E-state index in [-0.39, 0.29) is 6.42 Å². The van der Waals surface area contributed by atoms with Gasteiger partial charge in [-0.1, -0.05) is 24.3 Å². The summed E-state index contributed by atoms with van der Waals surface area (Å²) in [6.45, 7) is 2.69. The fourth-order valence-electron chi connectivity index (χ4n) is 4.23. The van der Waals surface area contributed by atoms with Gasteiger partial charge in [0, 0.05) is 57.2 Å². The maximum atomic E-state index is 14.9. The minimum atomic E-state index is -5.08. The fraction of sp³-hybridized carbons (Fsp3) is 0.462. The highest BCUT2D eigenvalue weighted by atomic mass is 19.4. The summed E-state index contributed by atoms with van der Waals surface area (Å²) >= 11 is 0. The molecular formula is C26H26F11N3O6. The predicted octanol–water partition coefficient (Wildman–Crippen LogP) is 5.72. The van der Waals surface area contributed by atoms with Crippen molar-refractivity contribution in [3.8, 4) is 0 Å². The molecule has 2 fully saturated rings. The zero-order valence-corrected chi connectivity index (χ0v) is 23.2. The quantitative estimate of drug-likeness (QED) is 0.348. The number of alkyl halides is 11.